The van der Waals surface area contributed by atoms with Crippen molar-refractivity contribution in [3.05, 3.63) is 54.4 Å². The Hall–Kier alpha value is -1.23. The molecule has 2 rings (SSSR count). The molecular formula is C12H9Cl3N2O2. The first kappa shape index (κ1) is 14.2. The monoisotopic (exact) mass is 318 g/mol. The minimum atomic E-state index is -0.522. The van der Waals surface area contributed by atoms with Crippen LogP contribution in [-0.2, 0) is 7.05 Å². The Balaban J connectivity index is 2.67. The van der Waals surface area contributed by atoms with Gasteiger partial charge < -0.3 is 0 Å². The maximum absolute atomic E-state index is 12.4. The van der Waals surface area contributed by atoms with Crippen LogP contribution >= 0.6 is 34.8 Å². The van der Waals surface area contributed by atoms with Crippen molar-refractivity contribution in [1.29, 1.82) is 0 Å². The zero-order valence-corrected chi connectivity index (χ0v) is 12.3. The molecule has 0 fully saturated rings. The van der Waals surface area contributed by atoms with E-state index in [1.54, 1.807) is 6.92 Å². The van der Waals surface area contributed by atoms with Gasteiger partial charge in [0.1, 0.15) is 5.56 Å². The summed E-state index contributed by atoms with van der Waals surface area (Å²) >= 11 is 17.8. The van der Waals surface area contributed by atoms with Gasteiger partial charge in [-0.2, -0.15) is 0 Å². The van der Waals surface area contributed by atoms with E-state index in [0.717, 1.165) is 0 Å². The lowest BCUT2D eigenvalue weighted by atomic mass is 10.0. The molecular weight excluding hydrogens is 311 g/mol. The number of aryl methyl sites for hydroxylation is 2. The number of hydrogen-bond donors (Lipinski definition) is 1. The maximum atomic E-state index is 12.4. The van der Waals surface area contributed by atoms with Crippen LogP contribution in [0.3, 0.4) is 0 Å². The topological polar surface area (TPSA) is 54.9 Å². The molecule has 0 spiro atoms. The first-order chi connectivity index (χ1) is 8.82. The Morgan fingerprint density at radius 3 is 2.11 bits per heavy atom. The van der Waals surface area contributed by atoms with Gasteiger partial charge in [0.2, 0.25) is 5.78 Å². The van der Waals surface area contributed by atoms with E-state index in [0.29, 0.717) is 10.7 Å². The number of hydrogen-bond acceptors (Lipinski definition) is 2. The number of nitrogens with one attached hydrogen (secondary N) is 1. The largest absolute Gasteiger partial charge is 0.299 e. The number of rotatable bonds is 2. The van der Waals surface area contributed by atoms with Gasteiger partial charge in [0.05, 0.1) is 15.6 Å². The lowest BCUT2D eigenvalue weighted by Crippen LogP contribution is -2.20. The number of carbonyl (C=O) groups excluding carboxylic acids is 1. The van der Waals surface area contributed by atoms with E-state index < -0.39 is 11.3 Å². The molecule has 2 aromatic rings. The number of benzene rings is 1. The average molecular weight is 320 g/mol. The molecule has 0 aliphatic heterocycles. The molecule has 0 bridgehead atoms. The number of H-pyrrole nitrogens is 1. The third-order valence-corrected chi connectivity index (χ3v) is 3.50. The zero-order valence-electron chi connectivity index (χ0n) is 10.1. The van der Waals surface area contributed by atoms with Crippen molar-refractivity contribution < 1.29 is 4.79 Å². The molecule has 0 aliphatic carbocycles. The molecule has 1 aromatic carbocycles. The molecule has 7 heteroatoms. The van der Waals surface area contributed by atoms with Gasteiger partial charge in [-0.05, 0) is 19.1 Å². The molecule has 19 heavy (non-hydrogen) atoms. The van der Waals surface area contributed by atoms with Gasteiger partial charge in [-0.25, -0.2) is 0 Å². The zero-order chi connectivity index (χ0) is 14.3. The van der Waals surface area contributed by atoms with E-state index in [2.05, 4.69) is 5.10 Å². The summed E-state index contributed by atoms with van der Waals surface area (Å²) in [6, 6.07) is 2.82. The third-order valence-electron chi connectivity index (χ3n) is 2.69. The van der Waals surface area contributed by atoms with E-state index in [-0.39, 0.29) is 21.2 Å². The predicted octanol–water partition coefficient (Wildman–Crippen LogP) is 3.21. The van der Waals surface area contributed by atoms with Gasteiger partial charge in [-0.1, -0.05) is 34.8 Å². The van der Waals surface area contributed by atoms with Crippen LogP contribution in [0.4, 0.5) is 0 Å². The lowest BCUT2D eigenvalue weighted by molar-refractivity contribution is 0.103. The molecule has 1 aromatic heterocycles. The smallest absolute Gasteiger partial charge is 0.277 e. The molecule has 0 radical (unpaired) electrons. The van der Waals surface area contributed by atoms with Crippen molar-refractivity contribution >= 4 is 40.6 Å². The fraction of sp³-hybridized carbons (Fsp3) is 0.167. The summed E-state index contributed by atoms with van der Waals surface area (Å²) in [7, 11) is 1.52. The van der Waals surface area contributed by atoms with Gasteiger partial charge >= 0.3 is 0 Å². The number of halogens is 3. The summed E-state index contributed by atoms with van der Waals surface area (Å²) < 4.78 is 1.22. The standard InChI is InChI=1S/C12H9Cl3N2O2/c1-5-9(12(19)17(2)16-5)11(18)10-7(14)3-6(13)4-8(10)15/h3-4,16H,1-2H3. The first-order valence-electron chi connectivity index (χ1n) is 5.27. The number of carbonyl (C=O) groups is 1. The predicted molar refractivity (Wildman–Crippen MR) is 75.7 cm³/mol. The van der Waals surface area contributed by atoms with Crippen LogP contribution in [-0.4, -0.2) is 15.6 Å². The van der Waals surface area contributed by atoms with Gasteiger partial charge in [0.25, 0.3) is 5.56 Å². The molecule has 0 saturated heterocycles. The lowest BCUT2D eigenvalue weighted by Gasteiger charge is -2.05. The second kappa shape index (κ2) is 5.04. The highest BCUT2D eigenvalue weighted by atomic mass is 35.5. The Bertz CT molecular complexity index is 708. The van der Waals surface area contributed by atoms with Crippen LogP contribution in [0.25, 0.3) is 0 Å². The Labute approximate surface area is 123 Å². The van der Waals surface area contributed by atoms with Gasteiger partial charge in [0, 0.05) is 17.8 Å². The Kier molecular flexibility index (Phi) is 3.76. The van der Waals surface area contributed by atoms with Crippen molar-refractivity contribution in [2.75, 3.05) is 0 Å². The van der Waals surface area contributed by atoms with E-state index in [1.807, 2.05) is 0 Å². The van der Waals surface area contributed by atoms with Crippen LogP contribution in [0, 0.1) is 6.92 Å². The summed E-state index contributed by atoms with van der Waals surface area (Å²) in [5, 5.41) is 3.30. The molecule has 0 amide bonds. The second-order valence-corrected chi connectivity index (χ2v) is 5.30. The average Bonchev–Trinajstić information content (AvgIpc) is 2.51. The van der Waals surface area contributed by atoms with E-state index in [9.17, 15) is 9.59 Å². The number of ketones is 1. The van der Waals surface area contributed by atoms with Crippen LogP contribution in [0.1, 0.15) is 21.6 Å². The molecule has 0 unspecified atom stereocenters. The first-order valence-corrected chi connectivity index (χ1v) is 6.41. The van der Waals surface area contributed by atoms with E-state index in [4.69, 9.17) is 34.8 Å². The normalized spacial score (nSPS) is 10.8. The summed E-state index contributed by atoms with van der Waals surface area (Å²) in [5.41, 5.74) is 0.130. The van der Waals surface area contributed by atoms with E-state index >= 15 is 0 Å². The second-order valence-electron chi connectivity index (χ2n) is 4.05. The van der Waals surface area contributed by atoms with Crippen molar-refractivity contribution in [3.63, 3.8) is 0 Å². The fourth-order valence-electron chi connectivity index (χ4n) is 1.84. The quantitative estimate of drug-likeness (QED) is 0.864. The minimum absolute atomic E-state index is 0.0219. The molecule has 0 aliphatic rings. The third kappa shape index (κ3) is 2.43. The van der Waals surface area contributed by atoms with Crippen molar-refractivity contribution in [3.8, 4) is 0 Å². The molecule has 0 saturated carbocycles. The summed E-state index contributed by atoms with van der Waals surface area (Å²) in [6.07, 6.45) is 0. The van der Waals surface area contributed by atoms with Crippen LogP contribution in [0.15, 0.2) is 16.9 Å². The van der Waals surface area contributed by atoms with E-state index in [1.165, 1.54) is 23.9 Å². The van der Waals surface area contributed by atoms with Crippen LogP contribution < -0.4 is 5.56 Å². The summed E-state index contributed by atoms with van der Waals surface area (Å²) in [5.74, 6) is -0.522. The highest BCUT2D eigenvalue weighted by Gasteiger charge is 2.23. The Morgan fingerprint density at radius 1 is 1.16 bits per heavy atom. The Morgan fingerprint density at radius 2 is 1.68 bits per heavy atom. The molecule has 1 N–H and O–H groups in total. The molecule has 1 heterocycles. The number of aromatic amines is 1. The summed E-state index contributed by atoms with van der Waals surface area (Å²) in [4.78, 5) is 24.3. The number of aromatic nitrogens is 2. The molecule has 4 nitrogen and oxygen atoms in total. The highest BCUT2D eigenvalue weighted by Crippen LogP contribution is 2.30. The fourth-order valence-corrected chi connectivity index (χ4v) is 2.83. The van der Waals surface area contributed by atoms with Gasteiger partial charge in [0.15, 0.2) is 0 Å². The molecule has 0 atom stereocenters. The molecule has 100 valence electrons. The van der Waals surface area contributed by atoms with Crippen molar-refractivity contribution in [2.45, 2.75) is 6.92 Å². The highest BCUT2D eigenvalue weighted by molar-refractivity contribution is 6.43. The number of nitrogens with zero attached hydrogens (tertiary/aromatic N) is 1. The van der Waals surface area contributed by atoms with Crippen LogP contribution in [0.5, 0.6) is 0 Å². The minimum Gasteiger partial charge on any atom is -0.299 e. The van der Waals surface area contributed by atoms with Gasteiger partial charge in [-0.3, -0.25) is 19.4 Å². The summed E-state index contributed by atoms with van der Waals surface area (Å²) in [6.45, 7) is 1.63. The van der Waals surface area contributed by atoms with Crippen molar-refractivity contribution in [2.24, 2.45) is 7.05 Å². The maximum Gasteiger partial charge on any atom is 0.277 e. The van der Waals surface area contributed by atoms with Crippen LogP contribution in [0.2, 0.25) is 15.1 Å². The van der Waals surface area contributed by atoms with Crippen molar-refractivity contribution in [1.82, 2.24) is 9.78 Å². The SMILES string of the molecule is Cc1[nH]n(C)c(=O)c1C(=O)c1c(Cl)cc(Cl)cc1Cl. The van der Waals surface area contributed by atoms with Gasteiger partial charge in [-0.15, -0.1) is 0 Å².